The van der Waals surface area contributed by atoms with E-state index in [-0.39, 0.29) is 6.04 Å². The molecule has 98 valence electrons. The zero-order chi connectivity index (χ0) is 13.2. The number of hydrogen-bond donors (Lipinski definition) is 2. The summed E-state index contributed by atoms with van der Waals surface area (Å²) < 4.78 is 1.82. The van der Waals surface area contributed by atoms with Gasteiger partial charge in [0.05, 0.1) is 17.9 Å². The molecule has 2 aromatic rings. The topological polar surface area (TPSA) is 68.2 Å². The lowest BCUT2D eigenvalue weighted by atomic mass is 9.87. The third kappa shape index (κ3) is 2.86. The second-order valence-corrected chi connectivity index (χ2v) is 5.82. The van der Waals surface area contributed by atoms with Crippen molar-refractivity contribution < 1.29 is 0 Å². The van der Waals surface area contributed by atoms with Gasteiger partial charge in [-0.25, -0.2) is 4.52 Å². The quantitative estimate of drug-likeness (QED) is 0.641. The maximum absolute atomic E-state index is 5.68. The molecule has 0 spiro atoms. The molecule has 0 bridgehead atoms. The van der Waals surface area contributed by atoms with Crippen LogP contribution in [0.3, 0.4) is 0 Å². The van der Waals surface area contributed by atoms with Crippen molar-refractivity contribution >= 4 is 5.52 Å². The van der Waals surface area contributed by atoms with Gasteiger partial charge in [-0.1, -0.05) is 20.8 Å². The molecule has 0 radical (unpaired) electrons. The first-order chi connectivity index (χ1) is 8.51. The Morgan fingerprint density at radius 1 is 1.39 bits per heavy atom. The van der Waals surface area contributed by atoms with Gasteiger partial charge in [0.1, 0.15) is 0 Å². The van der Waals surface area contributed by atoms with Gasteiger partial charge in [-0.3, -0.25) is 16.3 Å². The molecule has 2 heterocycles. The summed E-state index contributed by atoms with van der Waals surface area (Å²) in [5.41, 5.74) is 5.30. The molecule has 18 heavy (non-hydrogen) atoms. The Bertz CT molecular complexity index is 511. The second-order valence-electron chi connectivity index (χ2n) is 5.82. The van der Waals surface area contributed by atoms with E-state index in [9.17, 15) is 0 Å². The summed E-state index contributed by atoms with van der Waals surface area (Å²) in [6.45, 7) is 6.70. The number of hydrogen-bond acceptors (Lipinski definition) is 4. The summed E-state index contributed by atoms with van der Waals surface area (Å²) in [6.07, 6.45) is 9.34. The highest BCUT2D eigenvalue weighted by Crippen LogP contribution is 2.28. The van der Waals surface area contributed by atoms with Crippen molar-refractivity contribution in [3.05, 3.63) is 30.4 Å². The van der Waals surface area contributed by atoms with Crippen molar-refractivity contribution in [1.82, 2.24) is 20.0 Å². The third-order valence-corrected chi connectivity index (χ3v) is 3.11. The largest absolute Gasteiger partial charge is 0.271 e. The van der Waals surface area contributed by atoms with E-state index in [1.165, 1.54) is 0 Å². The van der Waals surface area contributed by atoms with Crippen LogP contribution in [-0.2, 0) is 0 Å². The Morgan fingerprint density at radius 2 is 2.17 bits per heavy atom. The first-order valence-electron chi connectivity index (χ1n) is 6.24. The number of aromatic nitrogens is 3. The van der Waals surface area contributed by atoms with Gasteiger partial charge in [0, 0.05) is 24.0 Å². The van der Waals surface area contributed by atoms with E-state index in [4.69, 9.17) is 5.84 Å². The molecule has 0 saturated heterocycles. The fourth-order valence-electron chi connectivity index (χ4n) is 2.03. The number of nitrogens with zero attached hydrogens (tertiary/aromatic N) is 3. The highest BCUT2D eigenvalue weighted by atomic mass is 15.3. The van der Waals surface area contributed by atoms with Crippen LogP contribution in [0.15, 0.2) is 24.8 Å². The molecule has 0 fully saturated rings. The lowest BCUT2D eigenvalue weighted by Crippen LogP contribution is -2.28. The number of nitrogens with one attached hydrogen (secondary N) is 1. The van der Waals surface area contributed by atoms with E-state index in [2.05, 4.69) is 36.3 Å². The monoisotopic (exact) mass is 247 g/mol. The number of rotatable bonds is 4. The van der Waals surface area contributed by atoms with Gasteiger partial charge >= 0.3 is 0 Å². The number of nitrogens with two attached hydrogens (primary N) is 1. The van der Waals surface area contributed by atoms with Gasteiger partial charge in [-0.2, -0.15) is 5.10 Å². The smallest absolute Gasteiger partial charge is 0.0893 e. The van der Waals surface area contributed by atoms with Gasteiger partial charge in [-0.05, 0) is 18.3 Å². The Kier molecular flexibility index (Phi) is 3.63. The molecule has 1 atom stereocenters. The summed E-state index contributed by atoms with van der Waals surface area (Å²) >= 11 is 0. The number of fused-ring (bicyclic) bond motifs is 1. The maximum atomic E-state index is 5.68. The van der Waals surface area contributed by atoms with E-state index >= 15 is 0 Å². The zero-order valence-corrected chi connectivity index (χ0v) is 11.2. The highest BCUT2D eigenvalue weighted by Gasteiger charge is 2.18. The molecule has 0 aromatic carbocycles. The first kappa shape index (κ1) is 13.0. The molecule has 1 unspecified atom stereocenters. The zero-order valence-electron chi connectivity index (χ0n) is 11.2. The average molecular weight is 247 g/mol. The Hall–Kier alpha value is -1.46. The third-order valence-electron chi connectivity index (χ3n) is 3.11. The SMILES string of the molecule is CC(C)(C)CCC(NN)c1cnn2ccncc12. The average Bonchev–Trinajstić information content (AvgIpc) is 2.73. The molecule has 0 aliphatic carbocycles. The molecule has 5 heteroatoms. The van der Waals surface area contributed by atoms with E-state index in [1.54, 1.807) is 6.20 Å². The molecular formula is C13H21N5. The fraction of sp³-hybridized carbons (Fsp3) is 0.538. The summed E-state index contributed by atoms with van der Waals surface area (Å²) in [6, 6.07) is 0.117. The molecule has 2 aromatic heterocycles. The lowest BCUT2D eigenvalue weighted by molar-refractivity contribution is 0.334. The molecule has 0 saturated carbocycles. The van der Waals surface area contributed by atoms with Gasteiger partial charge in [0.2, 0.25) is 0 Å². The Morgan fingerprint density at radius 3 is 2.83 bits per heavy atom. The van der Waals surface area contributed by atoms with Crippen molar-refractivity contribution in [2.24, 2.45) is 11.3 Å². The van der Waals surface area contributed by atoms with E-state index in [1.807, 2.05) is 23.1 Å². The van der Waals surface area contributed by atoms with Gasteiger partial charge in [0.15, 0.2) is 0 Å². The van der Waals surface area contributed by atoms with Crippen LogP contribution in [0.1, 0.15) is 45.2 Å². The minimum Gasteiger partial charge on any atom is -0.271 e. The van der Waals surface area contributed by atoms with Crippen LogP contribution in [0, 0.1) is 5.41 Å². The summed E-state index contributed by atoms with van der Waals surface area (Å²) in [7, 11) is 0. The molecule has 2 rings (SSSR count). The van der Waals surface area contributed by atoms with Crippen molar-refractivity contribution in [3.8, 4) is 0 Å². The van der Waals surface area contributed by atoms with E-state index < -0.39 is 0 Å². The predicted octanol–water partition coefficient (Wildman–Crippen LogP) is 2.06. The predicted molar refractivity (Wildman–Crippen MR) is 71.7 cm³/mol. The molecule has 0 aliphatic rings. The van der Waals surface area contributed by atoms with Crippen molar-refractivity contribution in [3.63, 3.8) is 0 Å². The summed E-state index contributed by atoms with van der Waals surface area (Å²) in [5.74, 6) is 5.68. The minimum absolute atomic E-state index is 0.117. The second kappa shape index (κ2) is 5.04. The fourth-order valence-corrected chi connectivity index (χ4v) is 2.03. The Balaban J connectivity index is 2.22. The van der Waals surface area contributed by atoms with Crippen LogP contribution >= 0.6 is 0 Å². The molecule has 0 aliphatic heterocycles. The Labute approximate surface area is 107 Å². The van der Waals surface area contributed by atoms with Gasteiger partial charge in [0.25, 0.3) is 0 Å². The van der Waals surface area contributed by atoms with Crippen molar-refractivity contribution in [2.75, 3.05) is 0 Å². The van der Waals surface area contributed by atoms with Crippen LogP contribution in [0.2, 0.25) is 0 Å². The summed E-state index contributed by atoms with van der Waals surface area (Å²) in [5, 5.41) is 4.31. The standard InChI is InChI=1S/C13H21N5/c1-13(2,3)5-4-11(17-14)10-8-16-18-7-6-15-9-12(10)18/h6-9,11,17H,4-5,14H2,1-3H3. The van der Waals surface area contributed by atoms with Crippen LogP contribution in [0.4, 0.5) is 0 Å². The minimum atomic E-state index is 0.117. The van der Waals surface area contributed by atoms with Crippen LogP contribution in [-0.4, -0.2) is 14.6 Å². The van der Waals surface area contributed by atoms with Crippen LogP contribution in [0.5, 0.6) is 0 Å². The van der Waals surface area contributed by atoms with E-state index in [0.29, 0.717) is 5.41 Å². The van der Waals surface area contributed by atoms with E-state index in [0.717, 1.165) is 23.9 Å². The van der Waals surface area contributed by atoms with Crippen LogP contribution < -0.4 is 11.3 Å². The van der Waals surface area contributed by atoms with Crippen LogP contribution in [0.25, 0.3) is 5.52 Å². The molecule has 0 amide bonds. The summed E-state index contributed by atoms with van der Waals surface area (Å²) in [4.78, 5) is 4.14. The molecule has 3 N–H and O–H groups in total. The lowest BCUT2D eigenvalue weighted by Gasteiger charge is -2.22. The maximum Gasteiger partial charge on any atom is 0.0893 e. The van der Waals surface area contributed by atoms with Crippen molar-refractivity contribution in [2.45, 2.75) is 39.7 Å². The van der Waals surface area contributed by atoms with Crippen molar-refractivity contribution in [1.29, 1.82) is 0 Å². The molecular weight excluding hydrogens is 226 g/mol. The van der Waals surface area contributed by atoms with Gasteiger partial charge < -0.3 is 0 Å². The first-order valence-corrected chi connectivity index (χ1v) is 6.24. The van der Waals surface area contributed by atoms with Gasteiger partial charge in [-0.15, -0.1) is 0 Å². The highest BCUT2D eigenvalue weighted by molar-refractivity contribution is 5.53. The normalized spacial score (nSPS) is 14.0. The molecule has 5 nitrogen and oxygen atoms in total. The number of hydrazine groups is 1.